The van der Waals surface area contributed by atoms with Crippen LogP contribution in [0.2, 0.25) is 0 Å². The number of nitrogens with one attached hydrogen (secondary N) is 1. The largest absolute Gasteiger partial charge is 0.376 e. The molecule has 1 atom stereocenters. The van der Waals surface area contributed by atoms with Crippen molar-refractivity contribution in [2.24, 2.45) is 0 Å². The molecule has 18 heavy (non-hydrogen) atoms. The van der Waals surface area contributed by atoms with Gasteiger partial charge >= 0.3 is 0 Å². The van der Waals surface area contributed by atoms with Crippen LogP contribution >= 0.6 is 22.6 Å². The predicted molar refractivity (Wildman–Crippen MR) is 76.2 cm³/mol. The zero-order valence-corrected chi connectivity index (χ0v) is 11.7. The van der Waals surface area contributed by atoms with E-state index in [2.05, 4.69) is 11.4 Å². The second-order valence-corrected chi connectivity index (χ2v) is 5.33. The van der Waals surface area contributed by atoms with E-state index in [9.17, 15) is 14.5 Å². The molecule has 4 nitrogen and oxygen atoms in total. The minimum atomic E-state index is -0.484. The van der Waals surface area contributed by atoms with Gasteiger partial charge in [0.05, 0.1) is 8.49 Å². The zero-order chi connectivity index (χ0) is 13.1. The minimum Gasteiger partial charge on any atom is -0.376 e. The van der Waals surface area contributed by atoms with Gasteiger partial charge in [0.2, 0.25) is 0 Å². The van der Waals surface area contributed by atoms with Gasteiger partial charge < -0.3 is 5.32 Å². The Balaban J connectivity index is 2.27. The fraction of sp³-hybridized carbons (Fsp3) is 0.333. The highest BCUT2D eigenvalue weighted by Gasteiger charge is 2.20. The van der Waals surface area contributed by atoms with E-state index in [0.29, 0.717) is 0 Å². The van der Waals surface area contributed by atoms with Gasteiger partial charge in [-0.15, -0.1) is 0 Å². The third-order valence-electron chi connectivity index (χ3n) is 2.86. The Labute approximate surface area is 118 Å². The molecule has 0 aliphatic heterocycles. The maximum Gasteiger partial charge on any atom is 0.293 e. The third-order valence-corrected chi connectivity index (χ3v) is 3.69. The van der Waals surface area contributed by atoms with Crippen molar-refractivity contribution in [2.45, 2.75) is 25.3 Å². The monoisotopic (exact) mass is 362 g/mol. The van der Waals surface area contributed by atoms with Gasteiger partial charge in [0.1, 0.15) is 11.5 Å². The summed E-state index contributed by atoms with van der Waals surface area (Å²) in [6.45, 7) is 0. The lowest BCUT2D eigenvalue weighted by atomic mass is 10.0. The molecule has 1 N–H and O–H groups in total. The summed E-state index contributed by atoms with van der Waals surface area (Å²) in [5, 5.41) is 14.0. The number of hydrogen-bond acceptors (Lipinski definition) is 3. The van der Waals surface area contributed by atoms with Crippen LogP contribution in [0.3, 0.4) is 0 Å². The summed E-state index contributed by atoms with van der Waals surface area (Å²) >= 11 is 1.75. The van der Waals surface area contributed by atoms with Gasteiger partial charge in [-0.3, -0.25) is 10.1 Å². The van der Waals surface area contributed by atoms with Crippen LogP contribution in [0, 0.1) is 19.5 Å². The number of anilines is 1. The van der Waals surface area contributed by atoms with Crippen LogP contribution in [-0.2, 0) is 0 Å². The summed E-state index contributed by atoms with van der Waals surface area (Å²) in [4.78, 5) is 10.5. The molecule has 1 unspecified atom stereocenters. The Morgan fingerprint density at radius 3 is 2.83 bits per heavy atom. The van der Waals surface area contributed by atoms with Crippen LogP contribution in [0.15, 0.2) is 24.3 Å². The first-order valence-electron chi connectivity index (χ1n) is 5.63. The molecule has 1 aromatic carbocycles. The molecule has 0 fully saturated rings. The molecule has 0 saturated carbocycles. The van der Waals surface area contributed by atoms with Gasteiger partial charge in [-0.05, 0) is 41.9 Å². The summed E-state index contributed by atoms with van der Waals surface area (Å²) in [6.07, 6.45) is 6.78. The Morgan fingerprint density at radius 1 is 1.44 bits per heavy atom. The molecular formula is C12H12FIN2O2. The molecule has 2 rings (SSSR count). The van der Waals surface area contributed by atoms with Crippen LogP contribution in [0.5, 0.6) is 0 Å². The normalized spacial score (nSPS) is 18.7. The number of allylic oxidation sites excluding steroid dienone is 1. The van der Waals surface area contributed by atoms with Crippen molar-refractivity contribution in [1.82, 2.24) is 0 Å². The summed E-state index contributed by atoms with van der Waals surface area (Å²) in [7, 11) is 0. The first kappa shape index (κ1) is 13.3. The smallest absolute Gasteiger partial charge is 0.293 e. The minimum absolute atomic E-state index is 0.0737. The van der Waals surface area contributed by atoms with E-state index >= 15 is 0 Å². The van der Waals surface area contributed by atoms with Crippen molar-refractivity contribution in [2.75, 3.05) is 5.32 Å². The molecule has 0 radical (unpaired) electrons. The van der Waals surface area contributed by atoms with Gasteiger partial charge in [0.15, 0.2) is 0 Å². The van der Waals surface area contributed by atoms with Gasteiger partial charge in [0.25, 0.3) is 5.69 Å². The van der Waals surface area contributed by atoms with Crippen molar-refractivity contribution in [3.8, 4) is 0 Å². The highest BCUT2D eigenvalue weighted by Crippen LogP contribution is 2.30. The molecule has 0 bridgehead atoms. The Bertz CT molecular complexity index is 505. The summed E-state index contributed by atoms with van der Waals surface area (Å²) < 4.78 is 13.8. The van der Waals surface area contributed by atoms with Crippen LogP contribution in [0.25, 0.3) is 0 Å². The Morgan fingerprint density at radius 2 is 2.22 bits per heavy atom. The molecule has 6 heteroatoms. The molecular weight excluding hydrogens is 350 g/mol. The number of halogens is 2. The molecule has 96 valence electrons. The standard InChI is InChI=1S/C12H12FIN2O2/c13-9-6-11(12(16(17)18)7-10(9)14)15-8-4-2-1-3-5-8/h1-2,6-8,15H,3-5H2. The van der Waals surface area contributed by atoms with Crippen molar-refractivity contribution in [3.05, 3.63) is 43.8 Å². The van der Waals surface area contributed by atoms with Gasteiger partial charge in [-0.1, -0.05) is 12.2 Å². The molecule has 0 amide bonds. The molecule has 0 spiro atoms. The zero-order valence-electron chi connectivity index (χ0n) is 9.53. The van der Waals surface area contributed by atoms with Crippen LogP contribution in [0.1, 0.15) is 19.3 Å². The average molecular weight is 362 g/mol. The van der Waals surface area contributed by atoms with Gasteiger partial charge in [0, 0.05) is 18.2 Å². The topological polar surface area (TPSA) is 55.2 Å². The van der Waals surface area contributed by atoms with Crippen molar-refractivity contribution < 1.29 is 9.31 Å². The first-order chi connectivity index (χ1) is 8.58. The maximum atomic E-state index is 13.5. The van der Waals surface area contributed by atoms with Gasteiger partial charge in [-0.25, -0.2) is 4.39 Å². The summed E-state index contributed by atoms with van der Waals surface area (Å²) in [6, 6.07) is 2.60. The molecule has 0 heterocycles. The van der Waals surface area contributed by atoms with Crippen LogP contribution in [0.4, 0.5) is 15.8 Å². The van der Waals surface area contributed by atoms with E-state index in [1.165, 1.54) is 12.1 Å². The van der Waals surface area contributed by atoms with Crippen molar-refractivity contribution >= 4 is 34.0 Å². The maximum absolute atomic E-state index is 13.5. The van der Waals surface area contributed by atoms with Gasteiger partial charge in [-0.2, -0.15) is 0 Å². The predicted octanol–water partition coefficient (Wildman–Crippen LogP) is 3.86. The highest BCUT2D eigenvalue weighted by atomic mass is 127. The fourth-order valence-electron chi connectivity index (χ4n) is 1.95. The number of nitrogens with zero attached hydrogens (tertiary/aromatic N) is 1. The molecule has 1 aliphatic carbocycles. The Kier molecular flexibility index (Phi) is 4.15. The third kappa shape index (κ3) is 2.98. The number of hydrogen-bond donors (Lipinski definition) is 1. The van der Waals surface area contributed by atoms with Crippen LogP contribution in [-0.4, -0.2) is 11.0 Å². The second-order valence-electron chi connectivity index (χ2n) is 4.17. The van der Waals surface area contributed by atoms with Crippen LogP contribution < -0.4 is 5.32 Å². The number of nitro groups is 1. The quantitative estimate of drug-likeness (QED) is 0.385. The lowest BCUT2D eigenvalue weighted by Crippen LogP contribution is -2.21. The van der Waals surface area contributed by atoms with E-state index in [1.54, 1.807) is 22.6 Å². The second kappa shape index (κ2) is 5.64. The number of nitro benzene ring substituents is 1. The molecule has 1 aromatic rings. The van der Waals surface area contributed by atoms with E-state index in [4.69, 9.17) is 0 Å². The number of benzene rings is 1. The lowest BCUT2D eigenvalue weighted by molar-refractivity contribution is -0.384. The number of rotatable bonds is 3. The first-order valence-corrected chi connectivity index (χ1v) is 6.71. The van der Waals surface area contributed by atoms with Crippen molar-refractivity contribution in [3.63, 3.8) is 0 Å². The van der Waals surface area contributed by atoms with Crippen molar-refractivity contribution in [1.29, 1.82) is 0 Å². The Hall–Kier alpha value is -1.18. The summed E-state index contributed by atoms with van der Waals surface area (Å²) in [5.74, 6) is -0.435. The molecule has 0 saturated heterocycles. The lowest BCUT2D eigenvalue weighted by Gasteiger charge is -2.20. The summed E-state index contributed by atoms with van der Waals surface area (Å²) in [5.41, 5.74) is 0.188. The average Bonchev–Trinajstić information content (AvgIpc) is 2.34. The molecule has 1 aliphatic rings. The SMILES string of the molecule is O=[N+]([O-])c1cc(I)c(F)cc1NC1CC=CCC1. The van der Waals surface area contributed by atoms with E-state index in [0.717, 1.165) is 19.3 Å². The molecule has 0 aromatic heterocycles. The fourth-order valence-corrected chi connectivity index (χ4v) is 2.40. The van der Waals surface area contributed by atoms with E-state index in [1.807, 2.05) is 6.08 Å². The highest BCUT2D eigenvalue weighted by molar-refractivity contribution is 14.1. The van der Waals surface area contributed by atoms with E-state index in [-0.39, 0.29) is 21.0 Å². The van der Waals surface area contributed by atoms with E-state index < -0.39 is 10.7 Å².